The number of nitrogens with one attached hydrogen (secondary N) is 1. The van der Waals surface area contributed by atoms with Crippen molar-refractivity contribution in [1.82, 2.24) is 5.32 Å². The van der Waals surface area contributed by atoms with Crippen molar-refractivity contribution >= 4 is 6.09 Å². The van der Waals surface area contributed by atoms with E-state index in [1.165, 1.54) is 0 Å². The number of ether oxygens (including phenoxy) is 1. The summed E-state index contributed by atoms with van der Waals surface area (Å²) < 4.78 is 4.99. The van der Waals surface area contributed by atoms with Gasteiger partial charge >= 0.3 is 6.09 Å². The molecule has 1 amide bonds. The van der Waals surface area contributed by atoms with Crippen molar-refractivity contribution in [3.8, 4) is 12.0 Å². The van der Waals surface area contributed by atoms with Gasteiger partial charge in [-0.05, 0) is 33.6 Å². The van der Waals surface area contributed by atoms with E-state index < -0.39 is 11.7 Å². The summed E-state index contributed by atoms with van der Waals surface area (Å²) in [5, 5.41) is 2.39. The van der Waals surface area contributed by atoms with Crippen LogP contribution in [0, 0.1) is 17.9 Å². The first-order valence-corrected chi connectivity index (χ1v) is 4.47. The second kappa shape index (κ2) is 3.69. The molecule has 3 nitrogen and oxygen atoms in total. The van der Waals surface area contributed by atoms with Gasteiger partial charge in [0.15, 0.2) is 0 Å². The largest absolute Gasteiger partial charge is 0.443 e. The third-order valence-electron chi connectivity index (χ3n) is 1.42. The SMILES string of the molecule is CC(C)(C)OC(=O)NC#CC1CC1. The zero-order valence-electron chi connectivity index (χ0n) is 8.31. The van der Waals surface area contributed by atoms with Crippen LogP contribution in [0.25, 0.3) is 0 Å². The lowest BCUT2D eigenvalue weighted by molar-refractivity contribution is 0.0557. The molecule has 0 aromatic rings. The third kappa shape index (κ3) is 5.13. The molecule has 1 N–H and O–H groups in total. The number of hydrogen-bond donors (Lipinski definition) is 1. The smallest absolute Gasteiger partial charge is 0.419 e. The molecule has 0 heterocycles. The van der Waals surface area contributed by atoms with Gasteiger partial charge in [0.2, 0.25) is 0 Å². The first-order chi connectivity index (χ1) is 5.97. The average Bonchev–Trinajstić information content (AvgIpc) is 2.66. The van der Waals surface area contributed by atoms with E-state index in [1.54, 1.807) is 0 Å². The van der Waals surface area contributed by atoms with Gasteiger partial charge in [-0.1, -0.05) is 5.92 Å². The maximum atomic E-state index is 11.0. The standard InChI is InChI=1S/C10H15NO2/c1-10(2,3)13-9(12)11-7-6-8-4-5-8/h8H,4-5H2,1-3H3,(H,11,12). The quantitative estimate of drug-likeness (QED) is 0.457. The average molecular weight is 181 g/mol. The van der Waals surface area contributed by atoms with Crippen LogP contribution in [0.3, 0.4) is 0 Å². The highest BCUT2D eigenvalue weighted by Crippen LogP contribution is 2.27. The van der Waals surface area contributed by atoms with E-state index in [4.69, 9.17) is 4.74 Å². The maximum absolute atomic E-state index is 11.0. The lowest BCUT2D eigenvalue weighted by atomic mass is 10.2. The predicted octanol–water partition coefficient (Wildman–Crippen LogP) is 1.88. The predicted molar refractivity (Wildman–Crippen MR) is 49.9 cm³/mol. The summed E-state index contributed by atoms with van der Waals surface area (Å²) in [6.45, 7) is 5.46. The molecular weight excluding hydrogens is 166 g/mol. The second-order valence-electron chi connectivity index (χ2n) is 4.17. The molecule has 0 unspecified atom stereocenters. The molecule has 0 spiro atoms. The van der Waals surface area contributed by atoms with Crippen molar-refractivity contribution in [3.63, 3.8) is 0 Å². The van der Waals surface area contributed by atoms with Crippen LogP contribution in [0.1, 0.15) is 33.6 Å². The number of hydrogen-bond acceptors (Lipinski definition) is 2. The van der Waals surface area contributed by atoms with Gasteiger partial charge in [0.05, 0.1) is 0 Å². The first kappa shape index (κ1) is 9.91. The van der Waals surface area contributed by atoms with Crippen LogP contribution in [-0.2, 0) is 4.74 Å². The van der Waals surface area contributed by atoms with Crippen LogP contribution in [-0.4, -0.2) is 11.7 Å². The summed E-state index contributed by atoms with van der Waals surface area (Å²) in [7, 11) is 0. The minimum atomic E-state index is -0.472. The molecule has 0 aromatic carbocycles. The molecule has 72 valence electrons. The molecular formula is C10H15NO2. The van der Waals surface area contributed by atoms with Crippen molar-refractivity contribution in [2.24, 2.45) is 5.92 Å². The zero-order valence-corrected chi connectivity index (χ0v) is 8.31. The number of alkyl carbamates (subject to hydrolysis) is 1. The monoisotopic (exact) mass is 181 g/mol. The molecule has 1 fully saturated rings. The topological polar surface area (TPSA) is 38.3 Å². The normalized spacial score (nSPS) is 15.6. The Labute approximate surface area is 78.8 Å². The van der Waals surface area contributed by atoms with Crippen LogP contribution < -0.4 is 5.32 Å². The number of rotatable bonds is 0. The molecule has 0 aliphatic heterocycles. The third-order valence-corrected chi connectivity index (χ3v) is 1.42. The molecule has 3 heteroatoms. The Morgan fingerprint density at radius 3 is 2.54 bits per heavy atom. The highest BCUT2D eigenvalue weighted by molar-refractivity contribution is 5.69. The molecule has 13 heavy (non-hydrogen) atoms. The lowest BCUT2D eigenvalue weighted by Gasteiger charge is -2.18. The fourth-order valence-electron chi connectivity index (χ4n) is 0.720. The Hall–Kier alpha value is -1.17. The van der Waals surface area contributed by atoms with E-state index in [0.29, 0.717) is 5.92 Å². The van der Waals surface area contributed by atoms with E-state index in [-0.39, 0.29) is 0 Å². The maximum Gasteiger partial charge on any atom is 0.419 e. The van der Waals surface area contributed by atoms with Crippen LogP contribution >= 0.6 is 0 Å². The van der Waals surface area contributed by atoms with Gasteiger partial charge in [-0.2, -0.15) is 0 Å². The molecule has 1 saturated carbocycles. The minimum absolute atomic E-state index is 0.453. The summed E-state index contributed by atoms with van der Waals surface area (Å²) in [5.41, 5.74) is -0.453. The first-order valence-electron chi connectivity index (χ1n) is 4.47. The van der Waals surface area contributed by atoms with E-state index in [9.17, 15) is 4.79 Å². The second-order valence-corrected chi connectivity index (χ2v) is 4.17. The Kier molecular flexibility index (Phi) is 2.82. The van der Waals surface area contributed by atoms with Gasteiger partial charge in [0, 0.05) is 12.0 Å². The van der Waals surface area contributed by atoms with E-state index >= 15 is 0 Å². The molecule has 1 aliphatic rings. The fraction of sp³-hybridized carbons (Fsp3) is 0.700. The fourth-order valence-corrected chi connectivity index (χ4v) is 0.720. The van der Waals surface area contributed by atoms with Crippen molar-refractivity contribution < 1.29 is 9.53 Å². The Morgan fingerprint density at radius 1 is 1.46 bits per heavy atom. The lowest BCUT2D eigenvalue weighted by Crippen LogP contribution is -2.29. The van der Waals surface area contributed by atoms with Crippen LogP contribution in [0.4, 0.5) is 4.79 Å². The van der Waals surface area contributed by atoms with Crippen LogP contribution in [0.15, 0.2) is 0 Å². The molecule has 0 saturated heterocycles. The van der Waals surface area contributed by atoms with Crippen molar-refractivity contribution in [1.29, 1.82) is 0 Å². The summed E-state index contributed by atoms with van der Waals surface area (Å²) in [6, 6.07) is 2.60. The Balaban J connectivity index is 2.22. The van der Waals surface area contributed by atoms with E-state index in [1.807, 2.05) is 20.8 Å². The van der Waals surface area contributed by atoms with Gasteiger partial charge in [0.25, 0.3) is 0 Å². The molecule has 0 atom stereocenters. The Bertz CT molecular complexity index is 250. The molecule has 0 bridgehead atoms. The van der Waals surface area contributed by atoms with Gasteiger partial charge in [0.1, 0.15) is 5.60 Å². The summed E-state index contributed by atoms with van der Waals surface area (Å²) >= 11 is 0. The number of carbonyl (C=O) groups excluding carboxylic acids is 1. The minimum Gasteiger partial charge on any atom is -0.443 e. The van der Waals surface area contributed by atoms with Crippen molar-refractivity contribution in [2.45, 2.75) is 39.2 Å². The molecule has 1 rings (SSSR count). The summed E-state index contributed by atoms with van der Waals surface area (Å²) in [6.07, 6.45) is 1.84. The van der Waals surface area contributed by atoms with Crippen molar-refractivity contribution in [2.75, 3.05) is 0 Å². The highest BCUT2D eigenvalue weighted by atomic mass is 16.6. The summed E-state index contributed by atoms with van der Waals surface area (Å²) in [5.74, 6) is 3.41. The van der Waals surface area contributed by atoms with Crippen LogP contribution in [0.2, 0.25) is 0 Å². The summed E-state index contributed by atoms with van der Waals surface area (Å²) in [4.78, 5) is 11.0. The van der Waals surface area contributed by atoms with Crippen molar-refractivity contribution in [3.05, 3.63) is 0 Å². The number of carbonyl (C=O) groups is 1. The van der Waals surface area contributed by atoms with E-state index in [0.717, 1.165) is 12.8 Å². The van der Waals surface area contributed by atoms with Gasteiger partial charge in [-0.25, -0.2) is 10.1 Å². The van der Waals surface area contributed by atoms with Gasteiger partial charge in [-0.3, -0.25) is 0 Å². The number of amides is 1. The van der Waals surface area contributed by atoms with Gasteiger partial charge < -0.3 is 4.74 Å². The van der Waals surface area contributed by atoms with E-state index in [2.05, 4.69) is 17.3 Å². The molecule has 0 radical (unpaired) electrons. The zero-order chi connectivity index (χ0) is 9.90. The Morgan fingerprint density at radius 2 is 2.08 bits per heavy atom. The molecule has 0 aromatic heterocycles. The molecule has 1 aliphatic carbocycles. The van der Waals surface area contributed by atoms with Gasteiger partial charge in [-0.15, -0.1) is 0 Å². The highest BCUT2D eigenvalue weighted by Gasteiger charge is 2.18. The van der Waals surface area contributed by atoms with Crippen LogP contribution in [0.5, 0.6) is 0 Å².